The van der Waals surface area contributed by atoms with Crippen molar-refractivity contribution in [3.63, 3.8) is 0 Å². The standard InChI is InChI=1S/C24H27NO4/c1-4-5-14-25-21(17-10-7-6-8-11-17)20(23(27)24(25)28)22(26)18-12-9-13-19(15-18)29-16(2)3/h6-13,15-16,21,26H,4-5,14H2,1-3H3/b22-20-. The minimum Gasteiger partial charge on any atom is -0.507 e. The predicted octanol–water partition coefficient (Wildman–Crippen LogP) is 4.70. The fraction of sp³-hybridized carbons (Fsp3) is 0.333. The molecule has 0 aromatic heterocycles. The minimum atomic E-state index is -0.650. The Kier molecular flexibility index (Phi) is 6.37. The van der Waals surface area contributed by atoms with E-state index in [0.29, 0.717) is 17.9 Å². The van der Waals surface area contributed by atoms with Gasteiger partial charge in [-0.15, -0.1) is 0 Å². The van der Waals surface area contributed by atoms with Gasteiger partial charge in [0.1, 0.15) is 11.5 Å². The van der Waals surface area contributed by atoms with Crippen molar-refractivity contribution in [3.05, 3.63) is 71.3 Å². The van der Waals surface area contributed by atoms with Gasteiger partial charge in [-0.2, -0.15) is 0 Å². The van der Waals surface area contributed by atoms with Gasteiger partial charge in [-0.3, -0.25) is 9.59 Å². The van der Waals surface area contributed by atoms with Gasteiger partial charge in [0.25, 0.3) is 11.7 Å². The van der Waals surface area contributed by atoms with Gasteiger partial charge in [0.15, 0.2) is 0 Å². The van der Waals surface area contributed by atoms with Crippen molar-refractivity contribution < 1.29 is 19.4 Å². The number of ketones is 1. The quantitative estimate of drug-likeness (QED) is 0.421. The molecule has 5 nitrogen and oxygen atoms in total. The Morgan fingerprint density at radius 2 is 1.83 bits per heavy atom. The molecule has 1 amide bonds. The molecule has 1 heterocycles. The van der Waals surface area contributed by atoms with E-state index < -0.39 is 17.7 Å². The zero-order valence-electron chi connectivity index (χ0n) is 17.1. The maximum Gasteiger partial charge on any atom is 0.295 e. The van der Waals surface area contributed by atoms with Crippen molar-refractivity contribution in [3.8, 4) is 5.75 Å². The summed E-state index contributed by atoms with van der Waals surface area (Å²) >= 11 is 0. The number of aliphatic hydroxyl groups is 1. The number of hydrogen-bond donors (Lipinski definition) is 1. The van der Waals surface area contributed by atoms with Crippen molar-refractivity contribution in [2.24, 2.45) is 0 Å². The van der Waals surface area contributed by atoms with E-state index in [1.807, 2.05) is 51.1 Å². The zero-order valence-corrected chi connectivity index (χ0v) is 17.1. The smallest absolute Gasteiger partial charge is 0.295 e. The van der Waals surface area contributed by atoms with Gasteiger partial charge >= 0.3 is 0 Å². The number of carbonyl (C=O) groups is 2. The molecule has 1 fully saturated rings. The van der Waals surface area contributed by atoms with Crippen molar-refractivity contribution >= 4 is 17.4 Å². The number of unbranched alkanes of at least 4 members (excludes halogenated alkanes) is 1. The van der Waals surface area contributed by atoms with E-state index >= 15 is 0 Å². The van der Waals surface area contributed by atoms with Crippen LogP contribution >= 0.6 is 0 Å². The molecule has 1 atom stereocenters. The van der Waals surface area contributed by atoms with Crippen LogP contribution in [0.15, 0.2) is 60.2 Å². The number of amides is 1. The van der Waals surface area contributed by atoms with Crippen molar-refractivity contribution in [1.82, 2.24) is 4.90 Å². The number of aliphatic hydroxyl groups excluding tert-OH is 1. The topological polar surface area (TPSA) is 66.8 Å². The molecule has 1 saturated heterocycles. The van der Waals surface area contributed by atoms with Gasteiger partial charge in [-0.25, -0.2) is 0 Å². The van der Waals surface area contributed by atoms with Crippen LogP contribution in [-0.4, -0.2) is 34.3 Å². The average molecular weight is 393 g/mol. The van der Waals surface area contributed by atoms with Crippen LogP contribution in [0.25, 0.3) is 5.76 Å². The molecule has 2 aromatic rings. The molecule has 1 aliphatic heterocycles. The Labute approximate surface area is 171 Å². The Bertz CT molecular complexity index is 917. The van der Waals surface area contributed by atoms with Gasteiger partial charge in [-0.1, -0.05) is 55.8 Å². The fourth-order valence-corrected chi connectivity index (χ4v) is 3.57. The lowest BCUT2D eigenvalue weighted by atomic mass is 9.95. The molecule has 2 aromatic carbocycles. The third kappa shape index (κ3) is 4.34. The second-order valence-corrected chi connectivity index (χ2v) is 7.45. The highest BCUT2D eigenvalue weighted by molar-refractivity contribution is 6.46. The van der Waals surface area contributed by atoms with Crippen LogP contribution in [0.2, 0.25) is 0 Å². The Hall–Kier alpha value is -3.08. The van der Waals surface area contributed by atoms with Gasteiger partial charge in [0.2, 0.25) is 0 Å². The number of benzene rings is 2. The molecule has 3 rings (SSSR count). The lowest BCUT2D eigenvalue weighted by molar-refractivity contribution is -0.139. The summed E-state index contributed by atoms with van der Waals surface area (Å²) in [4.78, 5) is 27.2. The first-order valence-corrected chi connectivity index (χ1v) is 10.0. The van der Waals surface area contributed by atoms with E-state index in [1.165, 1.54) is 0 Å². The van der Waals surface area contributed by atoms with Crippen LogP contribution in [0, 0.1) is 0 Å². The molecule has 5 heteroatoms. The van der Waals surface area contributed by atoms with Gasteiger partial charge in [0, 0.05) is 12.1 Å². The number of carbonyl (C=O) groups excluding carboxylic acids is 2. The molecular formula is C24H27NO4. The molecule has 0 spiro atoms. The zero-order chi connectivity index (χ0) is 21.0. The predicted molar refractivity (Wildman–Crippen MR) is 113 cm³/mol. The normalized spacial score (nSPS) is 18.5. The summed E-state index contributed by atoms with van der Waals surface area (Å²) in [5, 5.41) is 11.1. The summed E-state index contributed by atoms with van der Waals surface area (Å²) in [7, 11) is 0. The molecule has 29 heavy (non-hydrogen) atoms. The molecule has 1 N–H and O–H groups in total. The summed E-state index contributed by atoms with van der Waals surface area (Å²) in [5.41, 5.74) is 1.38. The fourth-order valence-electron chi connectivity index (χ4n) is 3.57. The van der Waals surface area contributed by atoms with Crippen molar-refractivity contribution in [2.75, 3.05) is 6.54 Å². The molecule has 152 valence electrons. The second kappa shape index (κ2) is 8.95. The monoisotopic (exact) mass is 393 g/mol. The van der Waals surface area contributed by atoms with Gasteiger partial charge < -0.3 is 14.7 Å². The lowest BCUT2D eigenvalue weighted by Gasteiger charge is -2.25. The number of ether oxygens (including phenoxy) is 1. The maximum atomic E-state index is 12.9. The molecule has 0 bridgehead atoms. The molecule has 1 aliphatic rings. The van der Waals surface area contributed by atoms with Crippen LogP contribution in [0.5, 0.6) is 5.75 Å². The van der Waals surface area contributed by atoms with Crippen LogP contribution in [0.3, 0.4) is 0 Å². The summed E-state index contributed by atoms with van der Waals surface area (Å²) in [6.07, 6.45) is 1.67. The minimum absolute atomic E-state index is 0.0173. The number of Topliss-reactive ketones (excluding diaryl/α,β-unsaturated/α-hetero) is 1. The van der Waals surface area contributed by atoms with Gasteiger partial charge in [0.05, 0.1) is 17.7 Å². The van der Waals surface area contributed by atoms with E-state index in [2.05, 4.69) is 0 Å². The largest absolute Gasteiger partial charge is 0.507 e. The molecular weight excluding hydrogens is 366 g/mol. The van der Waals surface area contributed by atoms with Crippen LogP contribution in [-0.2, 0) is 9.59 Å². The first kappa shape index (κ1) is 20.6. The summed E-state index contributed by atoms with van der Waals surface area (Å²) in [6.45, 7) is 6.34. The Morgan fingerprint density at radius 1 is 1.10 bits per heavy atom. The summed E-state index contributed by atoms with van der Waals surface area (Å²) in [5.74, 6) is -0.794. The summed E-state index contributed by atoms with van der Waals surface area (Å²) < 4.78 is 5.71. The van der Waals surface area contributed by atoms with E-state index in [1.54, 1.807) is 29.2 Å². The van der Waals surface area contributed by atoms with Crippen LogP contribution in [0.1, 0.15) is 50.8 Å². The first-order chi connectivity index (χ1) is 13.9. The van der Waals surface area contributed by atoms with Crippen LogP contribution < -0.4 is 4.74 Å². The first-order valence-electron chi connectivity index (χ1n) is 10.0. The summed E-state index contributed by atoms with van der Waals surface area (Å²) in [6, 6.07) is 15.7. The SMILES string of the molecule is CCCCN1C(=O)C(=O)/C(=C(\O)c2cccc(OC(C)C)c2)C1c1ccccc1. The average Bonchev–Trinajstić information content (AvgIpc) is 2.96. The Balaban J connectivity index is 2.11. The highest BCUT2D eigenvalue weighted by Gasteiger charge is 2.45. The third-order valence-corrected chi connectivity index (χ3v) is 4.89. The molecule has 0 saturated carbocycles. The number of likely N-dealkylation sites (tertiary alicyclic amines) is 1. The van der Waals surface area contributed by atoms with Crippen molar-refractivity contribution in [2.45, 2.75) is 45.8 Å². The van der Waals surface area contributed by atoms with Gasteiger partial charge in [-0.05, 0) is 38.0 Å². The van der Waals surface area contributed by atoms with E-state index in [-0.39, 0.29) is 17.4 Å². The highest BCUT2D eigenvalue weighted by atomic mass is 16.5. The lowest BCUT2D eigenvalue weighted by Crippen LogP contribution is -2.30. The third-order valence-electron chi connectivity index (χ3n) is 4.89. The van der Waals surface area contributed by atoms with Crippen molar-refractivity contribution in [1.29, 1.82) is 0 Å². The number of nitrogens with zero attached hydrogens (tertiary/aromatic N) is 1. The van der Waals surface area contributed by atoms with E-state index in [0.717, 1.165) is 18.4 Å². The van der Waals surface area contributed by atoms with Crippen LogP contribution in [0.4, 0.5) is 0 Å². The number of hydrogen-bond acceptors (Lipinski definition) is 4. The second-order valence-electron chi connectivity index (χ2n) is 7.45. The molecule has 0 radical (unpaired) electrons. The Morgan fingerprint density at radius 3 is 2.48 bits per heavy atom. The van der Waals surface area contributed by atoms with E-state index in [9.17, 15) is 14.7 Å². The number of rotatable bonds is 7. The molecule has 1 unspecified atom stereocenters. The van der Waals surface area contributed by atoms with E-state index in [4.69, 9.17) is 4.74 Å². The maximum absolute atomic E-state index is 12.9. The molecule has 0 aliphatic carbocycles. The highest BCUT2D eigenvalue weighted by Crippen LogP contribution is 2.39.